The molecule has 1 fully saturated rings. The minimum atomic E-state index is -0.349. The molecular formula is C15H18BNO2S. The molecule has 1 aromatic carbocycles. The normalized spacial score (nSPS) is 20.3. The van der Waals surface area contributed by atoms with Gasteiger partial charge < -0.3 is 9.31 Å². The van der Waals surface area contributed by atoms with Gasteiger partial charge in [-0.15, -0.1) is 11.3 Å². The van der Waals surface area contributed by atoms with E-state index in [1.807, 2.05) is 23.0 Å². The van der Waals surface area contributed by atoms with E-state index in [4.69, 9.17) is 9.31 Å². The second-order valence-corrected chi connectivity index (χ2v) is 6.77. The summed E-state index contributed by atoms with van der Waals surface area (Å²) in [7, 11) is -0.349. The standard InChI is InChI=1S/C15H18BNO2S/c1-14(2)15(3,4)19-16(18-14)12-8-6-5-7-11(12)13-9-20-10-17-13/h5-10H,1-4H3. The van der Waals surface area contributed by atoms with Crippen LogP contribution in [0.25, 0.3) is 11.3 Å². The quantitative estimate of drug-likeness (QED) is 0.795. The van der Waals surface area contributed by atoms with Crippen LogP contribution < -0.4 is 5.46 Å². The van der Waals surface area contributed by atoms with Gasteiger partial charge in [0.05, 0.1) is 22.4 Å². The van der Waals surface area contributed by atoms with E-state index in [-0.39, 0.29) is 18.3 Å². The lowest BCUT2D eigenvalue weighted by Gasteiger charge is -2.32. The fraction of sp³-hybridized carbons (Fsp3) is 0.400. The van der Waals surface area contributed by atoms with Crippen LogP contribution in [0.3, 0.4) is 0 Å². The van der Waals surface area contributed by atoms with Gasteiger partial charge in [-0.2, -0.15) is 0 Å². The first-order valence-corrected chi connectivity index (χ1v) is 7.68. The Morgan fingerprint density at radius 2 is 1.70 bits per heavy atom. The number of hydrogen-bond donors (Lipinski definition) is 0. The van der Waals surface area contributed by atoms with Gasteiger partial charge in [-0.1, -0.05) is 24.3 Å². The Balaban J connectivity index is 2.01. The lowest BCUT2D eigenvalue weighted by atomic mass is 9.75. The first-order valence-electron chi connectivity index (χ1n) is 6.74. The maximum absolute atomic E-state index is 6.14. The van der Waals surface area contributed by atoms with E-state index in [1.165, 1.54) is 0 Å². The van der Waals surface area contributed by atoms with E-state index in [9.17, 15) is 0 Å². The van der Waals surface area contributed by atoms with Crippen LogP contribution in [0.4, 0.5) is 0 Å². The summed E-state index contributed by atoms with van der Waals surface area (Å²) in [6.45, 7) is 8.27. The number of nitrogens with zero attached hydrogens (tertiary/aromatic N) is 1. The molecule has 2 aromatic rings. The van der Waals surface area contributed by atoms with Crippen molar-refractivity contribution in [2.45, 2.75) is 38.9 Å². The summed E-state index contributed by atoms with van der Waals surface area (Å²) in [6.07, 6.45) is 0. The smallest absolute Gasteiger partial charge is 0.399 e. The highest BCUT2D eigenvalue weighted by Gasteiger charge is 2.52. The third-order valence-electron chi connectivity index (χ3n) is 4.18. The summed E-state index contributed by atoms with van der Waals surface area (Å²) in [5.74, 6) is 0. The zero-order valence-corrected chi connectivity index (χ0v) is 13.0. The van der Waals surface area contributed by atoms with Crippen molar-refractivity contribution < 1.29 is 9.31 Å². The van der Waals surface area contributed by atoms with Crippen molar-refractivity contribution in [3.8, 4) is 11.3 Å². The molecule has 0 atom stereocenters. The van der Waals surface area contributed by atoms with Gasteiger partial charge in [0.25, 0.3) is 0 Å². The third-order valence-corrected chi connectivity index (χ3v) is 4.76. The average Bonchev–Trinajstić information content (AvgIpc) is 2.97. The van der Waals surface area contributed by atoms with Crippen molar-refractivity contribution in [1.82, 2.24) is 4.98 Å². The van der Waals surface area contributed by atoms with Crippen LogP contribution >= 0.6 is 11.3 Å². The first kappa shape index (κ1) is 13.8. The van der Waals surface area contributed by atoms with Gasteiger partial charge in [0.15, 0.2) is 0 Å². The van der Waals surface area contributed by atoms with Gasteiger partial charge in [0, 0.05) is 10.9 Å². The Morgan fingerprint density at radius 3 is 2.30 bits per heavy atom. The van der Waals surface area contributed by atoms with Crippen LogP contribution in [-0.4, -0.2) is 23.3 Å². The zero-order chi connectivity index (χ0) is 14.4. The highest BCUT2D eigenvalue weighted by Crippen LogP contribution is 2.37. The largest absolute Gasteiger partial charge is 0.495 e. The summed E-state index contributed by atoms with van der Waals surface area (Å²) in [5.41, 5.74) is 4.28. The van der Waals surface area contributed by atoms with Crippen molar-refractivity contribution >= 4 is 23.9 Å². The van der Waals surface area contributed by atoms with E-state index in [2.05, 4.69) is 44.8 Å². The number of rotatable bonds is 2. The van der Waals surface area contributed by atoms with Crippen molar-refractivity contribution in [2.24, 2.45) is 0 Å². The Hall–Kier alpha value is -1.17. The van der Waals surface area contributed by atoms with Gasteiger partial charge in [-0.25, -0.2) is 4.98 Å². The predicted octanol–water partition coefficient (Wildman–Crippen LogP) is 3.11. The molecule has 1 aliphatic heterocycles. The van der Waals surface area contributed by atoms with Gasteiger partial charge in [-0.05, 0) is 33.2 Å². The topological polar surface area (TPSA) is 31.4 Å². The molecule has 1 aliphatic rings. The highest BCUT2D eigenvalue weighted by molar-refractivity contribution is 7.07. The Bertz CT molecular complexity index is 594. The molecular weight excluding hydrogens is 269 g/mol. The molecule has 20 heavy (non-hydrogen) atoms. The summed E-state index contributed by atoms with van der Waals surface area (Å²) in [6, 6.07) is 8.14. The molecule has 0 radical (unpaired) electrons. The maximum atomic E-state index is 6.14. The van der Waals surface area contributed by atoms with Crippen LogP contribution in [-0.2, 0) is 9.31 Å². The fourth-order valence-corrected chi connectivity index (χ4v) is 2.80. The van der Waals surface area contributed by atoms with E-state index < -0.39 is 0 Å². The molecule has 0 saturated carbocycles. The molecule has 0 N–H and O–H groups in total. The van der Waals surface area contributed by atoms with Crippen LogP contribution in [0.5, 0.6) is 0 Å². The monoisotopic (exact) mass is 287 g/mol. The van der Waals surface area contributed by atoms with Crippen molar-refractivity contribution in [3.05, 3.63) is 35.2 Å². The molecule has 0 bridgehead atoms. The van der Waals surface area contributed by atoms with Crippen LogP contribution in [0.15, 0.2) is 35.2 Å². The molecule has 3 rings (SSSR count). The summed E-state index contributed by atoms with van der Waals surface area (Å²) in [5, 5.41) is 2.05. The first-order chi connectivity index (χ1) is 9.41. The van der Waals surface area contributed by atoms with Crippen molar-refractivity contribution in [2.75, 3.05) is 0 Å². The van der Waals surface area contributed by atoms with Gasteiger partial charge in [0.2, 0.25) is 0 Å². The average molecular weight is 287 g/mol. The zero-order valence-electron chi connectivity index (χ0n) is 12.2. The Labute approximate surface area is 124 Å². The number of aromatic nitrogens is 1. The molecule has 3 nitrogen and oxygen atoms in total. The number of hydrogen-bond acceptors (Lipinski definition) is 4. The van der Waals surface area contributed by atoms with Gasteiger partial charge in [0.1, 0.15) is 0 Å². The van der Waals surface area contributed by atoms with Crippen molar-refractivity contribution in [3.63, 3.8) is 0 Å². The third kappa shape index (κ3) is 2.20. The minimum Gasteiger partial charge on any atom is -0.399 e. The highest BCUT2D eigenvalue weighted by atomic mass is 32.1. The predicted molar refractivity (Wildman–Crippen MR) is 83.3 cm³/mol. The molecule has 1 aromatic heterocycles. The summed E-state index contributed by atoms with van der Waals surface area (Å²) in [4.78, 5) is 4.40. The second-order valence-electron chi connectivity index (χ2n) is 6.05. The Kier molecular flexibility index (Phi) is 3.24. The van der Waals surface area contributed by atoms with Crippen LogP contribution in [0.2, 0.25) is 0 Å². The van der Waals surface area contributed by atoms with E-state index in [1.54, 1.807) is 11.3 Å². The van der Waals surface area contributed by atoms with Crippen molar-refractivity contribution in [1.29, 1.82) is 0 Å². The lowest BCUT2D eigenvalue weighted by molar-refractivity contribution is 0.00578. The number of thiazole rings is 1. The molecule has 5 heteroatoms. The number of benzene rings is 1. The lowest BCUT2D eigenvalue weighted by Crippen LogP contribution is -2.41. The molecule has 104 valence electrons. The summed E-state index contributed by atoms with van der Waals surface area (Å²) < 4.78 is 12.3. The summed E-state index contributed by atoms with van der Waals surface area (Å²) >= 11 is 1.59. The van der Waals surface area contributed by atoms with Gasteiger partial charge in [-0.3, -0.25) is 0 Å². The molecule has 0 amide bonds. The van der Waals surface area contributed by atoms with E-state index in [0.29, 0.717) is 0 Å². The Morgan fingerprint density at radius 1 is 1.05 bits per heavy atom. The molecule has 1 saturated heterocycles. The van der Waals surface area contributed by atoms with E-state index in [0.717, 1.165) is 16.7 Å². The SMILES string of the molecule is CC1(C)OB(c2ccccc2-c2cscn2)OC1(C)C. The fourth-order valence-electron chi connectivity index (χ4n) is 2.25. The van der Waals surface area contributed by atoms with Crippen LogP contribution in [0, 0.1) is 0 Å². The van der Waals surface area contributed by atoms with Gasteiger partial charge >= 0.3 is 7.12 Å². The molecule has 2 heterocycles. The minimum absolute atomic E-state index is 0.327. The maximum Gasteiger partial charge on any atom is 0.495 e. The van der Waals surface area contributed by atoms with E-state index >= 15 is 0 Å². The molecule has 0 aliphatic carbocycles. The molecule has 0 unspecified atom stereocenters. The molecule has 0 spiro atoms. The second kappa shape index (κ2) is 4.69. The van der Waals surface area contributed by atoms with Crippen LogP contribution in [0.1, 0.15) is 27.7 Å².